The first-order valence-electron chi connectivity index (χ1n) is 9.15. The smallest absolute Gasteiger partial charge is 0.291 e. The molecule has 0 bridgehead atoms. The Morgan fingerprint density at radius 1 is 1.04 bits per heavy atom. The Hall–Kier alpha value is -3.47. The van der Waals surface area contributed by atoms with Gasteiger partial charge in [0.2, 0.25) is 0 Å². The van der Waals surface area contributed by atoms with Crippen molar-refractivity contribution < 1.29 is 18.7 Å². The molecule has 28 heavy (non-hydrogen) atoms. The average molecular weight is 375 g/mol. The van der Waals surface area contributed by atoms with Gasteiger partial charge in [-0.05, 0) is 31.4 Å². The standard InChI is InChI=1S/C23H21NO4/c1-4-27-19-12-10-16(13-20(19)26-3)24-23(25)21-14(2)17-11-9-15-7-5-6-8-18(15)22(17)28-21/h5-13H,4H2,1-3H3,(H,24,25). The number of benzene rings is 3. The van der Waals surface area contributed by atoms with Crippen LogP contribution in [0, 0.1) is 6.92 Å². The maximum absolute atomic E-state index is 12.9. The lowest BCUT2D eigenvalue weighted by molar-refractivity contribution is 0.0998. The molecule has 0 radical (unpaired) electrons. The lowest BCUT2D eigenvalue weighted by Gasteiger charge is -2.11. The van der Waals surface area contributed by atoms with Crippen molar-refractivity contribution in [3.05, 3.63) is 65.9 Å². The van der Waals surface area contributed by atoms with E-state index in [1.165, 1.54) is 0 Å². The van der Waals surface area contributed by atoms with E-state index in [2.05, 4.69) is 5.32 Å². The van der Waals surface area contributed by atoms with Crippen LogP contribution in [0.15, 0.2) is 59.0 Å². The van der Waals surface area contributed by atoms with Crippen LogP contribution in [-0.2, 0) is 0 Å². The van der Waals surface area contributed by atoms with Crippen LogP contribution in [0.5, 0.6) is 11.5 Å². The molecule has 3 aromatic carbocycles. The third-order valence-electron chi connectivity index (χ3n) is 4.76. The van der Waals surface area contributed by atoms with Crippen LogP contribution < -0.4 is 14.8 Å². The minimum absolute atomic E-state index is 0.302. The van der Waals surface area contributed by atoms with Gasteiger partial charge in [-0.3, -0.25) is 4.79 Å². The number of hydrogen-bond acceptors (Lipinski definition) is 4. The van der Waals surface area contributed by atoms with E-state index in [0.29, 0.717) is 29.6 Å². The fourth-order valence-corrected chi connectivity index (χ4v) is 3.37. The van der Waals surface area contributed by atoms with Crippen LogP contribution in [0.4, 0.5) is 5.69 Å². The minimum atomic E-state index is -0.302. The van der Waals surface area contributed by atoms with Gasteiger partial charge in [0, 0.05) is 28.1 Å². The van der Waals surface area contributed by atoms with E-state index >= 15 is 0 Å². The van der Waals surface area contributed by atoms with E-state index in [4.69, 9.17) is 13.9 Å². The highest BCUT2D eigenvalue weighted by Crippen LogP contribution is 2.33. The summed E-state index contributed by atoms with van der Waals surface area (Å²) in [5.74, 6) is 1.20. The number of nitrogens with one attached hydrogen (secondary N) is 1. The number of fused-ring (bicyclic) bond motifs is 3. The van der Waals surface area contributed by atoms with Crippen molar-refractivity contribution in [1.82, 2.24) is 0 Å². The van der Waals surface area contributed by atoms with Gasteiger partial charge in [0.1, 0.15) is 5.58 Å². The molecule has 0 saturated carbocycles. The summed E-state index contributed by atoms with van der Waals surface area (Å²) in [6.45, 7) is 4.34. The van der Waals surface area contributed by atoms with Gasteiger partial charge in [-0.25, -0.2) is 0 Å². The highest BCUT2D eigenvalue weighted by Gasteiger charge is 2.19. The van der Waals surface area contributed by atoms with Crippen LogP contribution in [0.3, 0.4) is 0 Å². The summed E-state index contributed by atoms with van der Waals surface area (Å²) in [4.78, 5) is 12.9. The van der Waals surface area contributed by atoms with Crippen molar-refractivity contribution in [1.29, 1.82) is 0 Å². The molecular formula is C23H21NO4. The molecule has 1 aromatic heterocycles. The number of anilines is 1. The molecule has 0 saturated heterocycles. The molecule has 1 heterocycles. The lowest BCUT2D eigenvalue weighted by atomic mass is 10.1. The number of carbonyl (C=O) groups excluding carboxylic acids is 1. The van der Waals surface area contributed by atoms with Gasteiger partial charge in [0.15, 0.2) is 17.3 Å². The van der Waals surface area contributed by atoms with Crippen molar-refractivity contribution in [2.24, 2.45) is 0 Å². The number of aryl methyl sites for hydroxylation is 1. The fraction of sp³-hybridized carbons (Fsp3) is 0.174. The lowest BCUT2D eigenvalue weighted by Crippen LogP contribution is -2.12. The highest BCUT2D eigenvalue weighted by atomic mass is 16.5. The van der Waals surface area contributed by atoms with E-state index in [1.54, 1.807) is 25.3 Å². The Labute approximate surface area is 162 Å². The van der Waals surface area contributed by atoms with E-state index in [0.717, 1.165) is 27.3 Å². The third-order valence-corrected chi connectivity index (χ3v) is 4.76. The molecule has 1 N–H and O–H groups in total. The second-order valence-corrected chi connectivity index (χ2v) is 6.47. The monoisotopic (exact) mass is 375 g/mol. The second kappa shape index (κ2) is 7.27. The summed E-state index contributed by atoms with van der Waals surface area (Å²) < 4.78 is 16.9. The number of rotatable bonds is 5. The molecule has 0 fully saturated rings. The zero-order valence-corrected chi connectivity index (χ0v) is 16.0. The summed E-state index contributed by atoms with van der Waals surface area (Å²) in [6.07, 6.45) is 0. The first-order chi connectivity index (χ1) is 13.6. The maximum atomic E-state index is 12.9. The Morgan fingerprint density at radius 3 is 2.64 bits per heavy atom. The van der Waals surface area contributed by atoms with Gasteiger partial charge in [-0.1, -0.05) is 36.4 Å². The van der Waals surface area contributed by atoms with E-state index < -0.39 is 0 Å². The molecular weight excluding hydrogens is 354 g/mol. The number of amides is 1. The first kappa shape index (κ1) is 17.9. The number of ether oxygens (including phenoxy) is 2. The third kappa shape index (κ3) is 3.05. The SMILES string of the molecule is CCOc1ccc(NC(=O)c2oc3c(ccc4ccccc43)c2C)cc1OC. The molecule has 0 aliphatic rings. The van der Waals surface area contributed by atoms with Crippen molar-refractivity contribution in [3.8, 4) is 11.5 Å². The van der Waals surface area contributed by atoms with Crippen LogP contribution in [0.25, 0.3) is 21.7 Å². The molecule has 4 aromatic rings. The van der Waals surface area contributed by atoms with Gasteiger partial charge < -0.3 is 19.2 Å². The largest absolute Gasteiger partial charge is 0.493 e. The van der Waals surface area contributed by atoms with E-state index in [1.807, 2.05) is 50.2 Å². The number of carbonyl (C=O) groups is 1. The van der Waals surface area contributed by atoms with Gasteiger partial charge >= 0.3 is 0 Å². The number of hydrogen-bond donors (Lipinski definition) is 1. The summed E-state index contributed by atoms with van der Waals surface area (Å²) in [7, 11) is 1.57. The summed E-state index contributed by atoms with van der Waals surface area (Å²) >= 11 is 0. The van der Waals surface area contributed by atoms with E-state index in [-0.39, 0.29) is 5.91 Å². The van der Waals surface area contributed by atoms with Crippen molar-refractivity contribution >= 4 is 33.3 Å². The average Bonchev–Trinajstić information content (AvgIpc) is 3.06. The quantitative estimate of drug-likeness (QED) is 0.496. The molecule has 5 heteroatoms. The molecule has 0 atom stereocenters. The molecule has 1 amide bonds. The molecule has 4 rings (SSSR count). The zero-order chi connectivity index (χ0) is 19.7. The Balaban J connectivity index is 1.69. The van der Waals surface area contributed by atoms with Crippen LogP contribution >= 0.6 is 0 Å². The van der Waals surface area contributed by atoms with E-state index in [9.17, 15) is 4.79 Å². The van der Waals surface area contributed by atoms with Crippen molar-refractivity contribution in [2.75, 3.05) is 19.0 Å². The summed E-state index contributed by atoms with van der Waals surface area (Å²) in [5.41, 5.74) is 2.15. The Morgan fingerprint density at radius 2 is 1.86 bits per heavy atom. The number of furan rings is 1. The molecule has 0 unspecified atom stereocenters. The molecule has 142 valence electrons. The predicted octanol–water partition coefficient (Wildman–Crippen LogP) is 5.55. The van der Waals surface area contributed by atoms with Crippen LogP contribution in [0.1, 0.15) is 23.0 Å². The molecule has 5 nitrogen and oxygen atoms in total. The van der Waals surface area contributed by atoms with Gasteiger partial charge in [-0.2, -0.15) is 0 Å². The Kier molecular flexibility index (Phi) is 4.65. The van der Waals surface area contributed by atoms with Crippen molar-refractivity contribution in [3.63, 3.8) is 0 Å². The van der Waals surface area contributed by atoms with Crippen LogP contribution in [-0.4, -0.2) is 19.6 Å². The molecule has 0 aliphatic heterocycles. The summed E-state index contributed by atoms with van der Waals surface area (Å²) in [6, 6.07) is 17.3. The van der Waals surface area contributed by atoms with Gasteiger partial charge in [-0.15, -0.1) is 0 Å². The molecule has 0 spiro atoms. The highest BCUT2D eigenvalue weighted by molar-refractivity contribution is 6.11. The topological polar surface area (TPSA) is 60.7 Å². The van der Waals surface area contributed by atoms with Crippen molar-refractivity contribution in [2.45, 2.75) is 13.8 Å². The van der Waals surface area contributed by atoms with Gasteiger partial charge in [0.25, 0.3) is 5.91 Å². The number of methoxy groups -OCH3 is 1. The van der Waals surface area contributed by atoms with Gasteiger partial charge in [0.05, 0.1) is 13.7 Å². The zero-order valence-electron chi connectivity index (χ0n) is 16.0. The van der Waals surface area contributed by atoms with Crippen LogP contribution in [0.2, 0.25) is 0 Å². The Bertz CT molecular complexity index is 1180. The maximum Gasteiger partial charge on any atom is 0.291 e. The normalized spacial score (nSPS) is 11.0. The first-order valence-corrected chi connectivity index (χ1v) is 9.15. The fourth-order valence-electron chi connectivity index (χ4n) is 3.37. The molecule has 0 aliphatic carbocycles. The summed E-state index contributed by atoms with van der Waals surface area (Å²) in [5, 5.41) is 5.89. The second-order valence-electron chi connectivity index (χ2n) is 6.47. The minimum Gasteiger partial charge on any atom is -0.493 e. The predicted molar refractivity (Wildman–Crippen MR) is 111 cm³/mol.